The molecule has 0 aromatic heterocycles. The van der Waals surface area contributed by atoms with E-state index in [2.05, 4.69) is 33.0 Å². The topological polar surface area (TPSA) is 55.1 Å². The summed E-state index contributed by atoms with van der Waals surface area (Å²) >= 11 is 0. The second-order valence-corrected chi connectivity index (χ2v) is 6.63. The number of hydrogen-bond donors (Lipinski definition) is 2. The van der Waals surface area contributed by atoms with Gasteiger partial charge in [-0.05, 0) is 23.3 Å². The third-order valence-corrected chi connectivity index (χ3v) is 3.99. The second kappa shape index (κ2) is 7.44. The van der Waals surface area contributed by atoms with Crippen LogP contribution in [0.4, 0.5) is 0 Å². The molecule has 0 aliphatic carbocycles. The molecule has 0 radical (unpaired) electrons. The zero-order valence-electron chi connectivity index (χ0n) is 13.1. The zero-order chi connectivity index (χ0) is 15.2. The van der Waals surface area contributed by atoms with Crippen LogP contribution in [0.5, 0.6) is 0 Å². The van der Waals surface area contributed by atoms with Gasteiger partial charge in [0.25, 0.3) is 0 Å². The second-order valence-electron chi connectivity index (χ2n) is 6.63. The number of nitrogens with two attached hydrogens (primary N) is 1. The Labute approximate surface area is 122 Å². The van der Waals surface area contributed by atoms with Gasteiger partial charge in [-0.25, -0.2) is 0 Å². The van der Waals surface area contributed by atoms with E-state index >= 15 is 0 Å². The van der Waals surface area contributed by atoms with Crippen molar-refractivity contribution in [2.75, 3.05) is 6.54 Å². The number of carbonyl (C=O) groups excluding carboxylic acids is 1. The fourth-order valence-electron chi connectivity index (χ4n) is 1.81. The summed E-state index contributed by atoms with van der Waals surface area (Å²) in [4.78, 5) is 11.8. The number of nitrogens with one attached hydrogen (secondary N) is 1. The largest absolute Gasteiger partial charge is 0.356 e. The molecular weight excluding hydrogens is 248 g/mol. The molecule has 0 saturated carbocycles. The first-order chi connectivity index (χ1) is 9.30. The van der Waals surface area contributed by atoms with Crippen molar-refractivity contribution in [1.82, 2.24) is 5.32 Å². The lowest BCUT2D eigenvalue weighted by atomic mass is 9.82. The third kappa shape index (κ3) is 5.74. The van der Waals surface area contributed by atoms with Gasteiger partial charge in [0, 0.05) is 19.0 Å². The molecule has 0 saturated heterocycles. The predicted molar refractivity (Wildman–Crippen MR) is 84.2 cm³/mol. The van der Waals surface area contributed by atoms with Gasteiger partial charge in [-0.3, -0.25) is 4.79 Å². The number of carbonyl (C=O) groups is 1. The van der Waals surface area contributed by atoms with Crippen LogP contribution in [-0.2, 0) is 4.79 Å². The Morgan fingerprint density at radius 3 is 2.40 bits per heavy atom. The first-order valence-corrected chi connectivity index (χ1v) is 7.38. The summed E-state index contributed by atoms with van der Waals surface area (Å²) in [6, 6.07) is 9.85. The van der Waals surface area contributed by atoms with Crippen molar-refractivity contribution in [2.24, 2.45) is 17.1 Å². The van der Waals surface area contributed by atoms with E-state index in [1.807, 2.05) is 30.3 Å². The van der Waals surface area contributed by atoms with Crippen molar-refractivity contribution in [3.05, 3.63) is 35.9 Å². The Balaban J connectivity index is 2.30. The Morgan fingerprint density at radius 2 is 1.85 bits per heavy atom. The molecule has 0 bridgehead atoms. The first kappa shape index (κ1) is 16.7. The molecule has 0 fully saturated rings. The van der Waals surface area contributed by atoms with E-state index in [4.69, 9.17) is 5.73 Å². The first-order valence-electron chi connectivity index (χ1n) is 7.38. The molecule has 0 aliphatic rings. The van der Waals surface area contributed by atoms with Crippen LogP contribution in [0.15, 0.2) is 30.3 Å². The van der Waals surface area contributed by atoms with E-state index in [0.717, 1.165) is 12.1 Å². The summed E-state index contributed by atoms with van der Waals surface area (Å²) < 4.78 is 0. The van der Waals surface area contributed by atoms with Crippen molar-refractivity contribution in [3.8, 4) is 0 Å². The maximum absolute atomic E-state index is 11.8. The number of rotatable bonds is 6. The lowest BCUT2D eigenvalue weighted by Crippen LogP contribution is -2.33. The Morgan fingerprint density at radius 1 is 1.25 bits per heavy atom. The van der Waals surface area contributed by atoms with Crippen LogP contribution in [0.25, 0.3) is 0 Å². The van der Waals surface area contributed by atoms with Gasteiger partial charge in [0.1, 0.15) is 0 Å². The normalized spacial score (nSPS) is 14.7. The highest BCUT2D eigenvalue weighted by atomic mass is 16.1. The minimum Gasteiger partial charge on any atom is -0.356 e. The summed E-state index contributed by atoms with van der Waals surface area (Å²) in [6.07, 6.45) is 1.16. The predicted octanol–water partition coefficient (Wildman–Crippen LogP) is 3.27. The van der Waals surface area contributed by atoms with Gasteiger partial charge in [0.05, 0.1) is 0 Å². The monoisotopic (exact) mass is 276 g/mol. The third-order valence-electron chi connectivity index (χ3n) is 3.99. The van der Waals surface area contributed by atoms with E-state index in [-0.39, 0.29) is 17.4 Å². The van der Waals surface area contributed by atoms with E-state index < -0.39 is 0 Å². The summed E-state index contributed by atoms with van der Waals surface area (Å²) in [6.45, 7) is 9.46. The Hall–Kier alpha value is -1.35. The highest BCUT2D eigenvalue weighted by molar-refractivity contribution is 5.75. The summed E-state index contributed by atoms with van der Waals surface area (Å²) in [7, 11) is 0. The van der Waals surface area contributed by atoms with Crippen LogP contribution in [0, 0.1) is 11.3 Å². The molecule has 1 amide bonds. The van der Waals surface area contributed by atoms with Crippen LogP contribution in [0.1, 0.15) is 52.1 Å². The highest BCUT2D eigenvalue weighted by Gasteiger charge is 2.20. The van der Waals surface area contributed by atoms with Crippen LogP contribution in [-0.4, -0.2) is 12.5 Å². The molecule has 20 heavy (non-hydrogen) atoms. The van der Waals surface area contributed by atoms with Crippen molar-refractivity contribution >= 4 is 5.91 Å². The molecule has 3 heteroatoms. The van der Waals surface area contributed by atoms with Crippen molar-refractivity contribution in [2.45, 2.75) is 46.6 Å². The van der Waals surface area contributed by atoms with Crippen molar-refractivity contribution in [3.63, 3.8) is 0 Å². The van der Waals surface area contributed by atoms with Gasteiger partial charge in [-0.2, -0.15) is 0 Å². The van der Waals surface area contributed by atoms with Crippen LogP contribution in [0.3, 0.4) is 0 Å². The van der Waals surface area contributed by atoms with Crippen LogP contribution < -0.4 is 11.1 Å². The van der Waals surface area contributed by atoms with Gasteiger partial charge in [0.15, 0.2) is 0 Å². The molecule has 1 rings (SSSR count). The summed E-state index contributed by atoms with van der Waals surface area (Å²) in [5.74, 6) is 0.543. The van der Waals surface area contributed by atoms with Crippen molar-refractivity contribution in [1.29, 1.82) is 0 Å². The fraction of sp³-hybridized carbons (Fsp3) is 0.588. The SMILES string of the molecule is CC(CNC(=O)CCC(N)c1ccccc1)C(C)(C)C. The number of benzene rings is 1. The molecule has 112 valence electrons. The van der Waals surface area contributed by atoms with E-state index in [0.29, 0.717) is 18.8 Å². The zero-order valence-corrected chi connectivity index (χ0v) is 13.1. The summed E-state index contributed by atoms with van der Waals surface area (Å²) in [5, 5.41) is 3.00. The average molecular weight is 276 g/mol. The van der Waals surface area contributed by atoms with Gasteiger partial charge in [0.2, 0.25) is 5.91 Å². The molecular formula is C17H28N2O. The Bertz CT molecular complexity index is 409. The molecule has 1 aromatic carbocycles. The molecule has 1 aromatic rings. The standard InChI is InChI=1S/C17H28N2O/c1-13(17(2,3)4)12-19-16(20)11-10-15(18)14-8-6-5-7-9-14/h5-9,13,15H,10-12,18H2,1-4H3,(H,19,20). The van der Waals surface area contributed by atoms with Crippen molar-refractivity contribution < 1.29 is 4.79 Å². The molecule has 2 unspecified atom stereocenters. The highest BCUT2D eigenvalue weighted by Crippen LogP contribution is 2.24. The fourth-order valence-corrected chi connectivity index (χ4v) is 1.81. The Kier molecular flexibility index (Phi) is 6.21. The molecule has 0 heterocycles. The minimum absolute atomic E-state index is 0.0676. The number of amides is 1. The molecule has 0 aliphatic heterocycles. The van der Waals surface area contributed by atoms with E-state index in [9.17, 15) is 4.79 Å². The smallest absolute Gasteiger partial charge is 0.220 e. The van der Waals surface area contributed by atoms with E-state index in [1.165, 1.54) is 0 Å². The van der Waals surface area contributed by atoms with E-state index in [1.54, 1.807) is 0 Å². The van der Waals surface area contributed by atoms with Gasteiger partial charge in [-0.1, -0.05) is 58.0 Å². The molecule has 3 N–H and O–H groups in total. The minimum atomic E-state index is -0.0676. The van der Waals surface area contributed by atoms with Gasteiger partial charge >= 0.3 is 0 Å². The van der Waals surface area contributed by atoms with Gasteiger partial charge < -0.3 is 11.1 Å². The summed E-state index contributed by atoms with van der Waals surface area (Å²) in [5.41, 5.74) is 7.39. The average Bonchev–Trinajstić information content (AvgIpc) is 2.41. The maximum atomic E-state index is 11.8. The molecule has 0 spiro atoms. The lowest BCUT2D eigenvalue weighted by molar-refractivity contribution is -0.121. The number of hydrogen-bond acceptors (Lipinski definition) is 2. The molecule has 2 atom stereocenters. The quantitative estimate of drug-likeness (QED) is 0.838. The molecule has 3 nitrogen and oxygen atoms in total. The maximum Gasteiger partial charge on any atom is 0.220 e. The lowest BCUT2D eigenvalue weighted by Gasteiger charge is -2.27. The van der Waals surface area contributed by atoms with Crippen LogP contribution >= 0.6 is 0 Å². The van der Waals surface area contributed by atoms with Crippen LogP contribution in [0.2, 0.25) is 0 Å². The van der Waals surface area contributed by atoms with Gasteiger partial charge in [-0.15, -0.1) is 0 Å².